The van der Waals surface area contributed by atoms with Crippen molar-refractivity contribution in [1.82, 2.24) is 0 Å². The van der Waals surface area contributed by atoms with E-state index in [0.717, 1.165) is 5.75 Å². The van der Waals surface area contributed by atoms with Gasteiger partial charge in [-0.1, -0.05) is 13.0 Å². The zero-order valence-corrected chi connectivity index (χ0v) is 9.26. The van der Waals surface area contributed by atoms with E-state index in [9.17, 15) is 0 Å². The molecule has 0 aromatic heterocycles. The third kappa shape index (κ3) is 1.52. The number of ether oxygens (including phenoxy) is 1. The molecule has 1 atom stereocenters. The number of fused-ring (bicyclic) bond motifs is 1. The third-order valence-corrected chi connectivity index (χ3v) is 3.27. The van der Waals surface area contributed by atoms with Crippen LogP contribution in [0.15, 0.2) is 12.1 Å². The molecule has 0 saturated heterocycles. The highest BCUT2D eigenvalue weighted by Crippen LogP contribution is 2.35. The van der Waals surface area contributed by atoms with Gasteiger partial charge in [0.15, 0.2) is 0 Å². The Bertz CT molecular complexity index is 341. The van der Waals surface area contributed by atoms with Gasteiger partial charge in [-0.05, 0) is 54.9 Å². The van der Waals surface area contributed by atoms with Crippen LogP contribution < -0.4 is 4.74 Å². The highest BCUT2D eigenvalue weighted by atomic mass is 16.5. The van der Waals surface area contributed by atoms with Gasteiger partial charge in [-0.3, -0.25) is 0 Å². The van der Waals surface area contributed by atoms with Gasteiger partial charge in [-0.2, -0.15) is 0 Å². The molecule has 1 aromatic rings. The standard InChI is InChI=1S/C13H18O/c1-9-5-4-6-11-7-10(2)13(14-3)8-12(9)11/h7-9H,4-6H2,1-3H3/t9-/m0/s1. The predicted octanol–water partition coefficient (Wildman–Crippen LogP) is 3.44. The lowest BCUT2D eigenvalue weighted by Crippen LogP contribution is -2.07. The van der Waals surface area contributed by atoms with Crippen LogP contribution in [0, 0.1) is 6.92 Å². The van der Waals surface area contributed by atoms with Crippen molar-refractivity contribution in [3.05, 3.63) is 28.8 Å². The Morgan fingerprint density at radius 1 is 1.36 bits per heavy atom. The van der Waals surface area contributed by atoms with Gasteiger partial charge in [0.2, 0.25) is 0 Å². The summed E-state index contributed by atoms with van der Waals surface area (Å²) in [5.74, 6) is 1.74. The molecule has 1 aliphatic carbocycles. The van der Waals surface area contributed by atoms with E-state index < -0.39 is 0 Å². The van der Waals surface area contributed by atoms with Crippen LogP contribution >= 0.6 is 0 Å². The summed E-state index contributed by atoms with van der Waals surface area (Å²) in [5.41, 5.74) is 4.29. The van der Waals surface area contributed by atoms with Gasteiger partial charge in [0.25, 0.3) is 0 Å². The normalized spacial score (nSPS) is 20.4. The molecule has 0 heterocycles. The molecular weight excluding hydrogens is 172 g/mol. The maximum atomic E-state index is 5.36. The lowest BCUT2D eigenvalue weighted by atomic mass is 9.83. The Morgan fingerprint density at radius 3 is 2.86 bits per heavy atom. The zero-order valence-electron chi connectivity index (χ0n) is 9.26. The number of methoxy groups -OCH3 is 1. The Kier molecular flexibility index (Phi) is 2.49. The molecule has 0 saturated carbocycles. The molecule has 2 rings (SSSR count). The van der Waals surface area contributed by atoms with E-state index >= 15 is 0 Å². The van der Waals surface area contributed by atoms with Gasteiger partial charge in [0, 0.05) is 0 Å². The summed E-state index contributed by atoms with van der Waals surface area (Å²) in [6, 6.07) is 4.53. The molecule has 0 fully saturated rings. The van der Waals surface area contributed by atoms with E-state index in [1.807, 2.05) is 0 Å². The van der Waals surface area contributed by atoms with Crippen LogP contribution in [-0.2, 0) is 6.42 Å². The Balaban J connectivity index is 2.49. The summed E-state index contributed by atoms with van der Waals surface area (Å²) in [6.45, 7) is 4.44. The van der Waals surface area contributed by atoms with Crippen molar-refractivity contribution in [1.29, 1.82) is 0 Å². The van der Waals surface area contributed by atoms with E-state index in [2.05, 4.69) is 26.0 Å². The second kappa shape index (κ2) is 3.64. The van der Waals surface area contributed by atoms with Crippen LogP contribution in [0.5, 0.6) is 5.75 Å². The lowest BCUT2D eigenvalue weighted by molar-refractivity contribution is 0.409. The minimum atomic E-state index is 0.702. The molecule has 0 unspecified atom stereocenters. The highest BCUT2D eigenvalue weighted by Gasteiger charge is 2.17. The van der Waals surface area contributed by atoms with Crippen LogP contribution in [0.1, 0.15) is 42.4 Å². The second-order valence-electron chi connectivity index (χ2n) is 4.31. The smallest absolute Gasteiger partial charge is 0.122 e. The molecule has 0 bridgehead atoms. The van der Waals surface area contributed by atoms with Gasteiger partial charge in [-0.25, -0.2) is 0 Å². The minimum absolute atomic E-state index is 0.702. The summed E-state index contributed by atoms with van der Waals surface area (Å²) in [6.07, 6.45) is 3.89. The maximum absolute atomic E-state index is 5.36. The minimum Gasteiger partial charge on any atom is -0.496 e. The first-order chi connectivity index (χ1) is 6.72. The Labute approximate surface area is 86.1 Å². The molecule has 0 radical (unpaired) electrons. The lowest BCUT2D eigenvalue weighted by Gasteiger charge is -2.23. The number of benzene rings is 1. The summed E-state index contributed by atoms with van der Waals surface area (Å²) < 4.78 is 5.36. The Hall–Kier alpha value is -0.980. The number of hydrogen-bond donors (Lipinski definition) is 0. The van der Waals surface area contributed by atoms with E-state index in [0.29, 0.717) is 5.92 Å². The fourth-order valence-corrected chi connectivity index (χ4v) is 2.41. The fraction of sp³-hybridized carbons (Fsp3) is 0.538. The van der Waals surface area contributed by atoms with Crippen molar-refractivity contribution in [2.24, 2.45) is 0 Å². The van der Waals surface area contributed by atoms with E-state index in [-0.39, 0.29) is 0 Å². The predicted molar refractivity (Wildman–Crippen MR) is 59.1 cm³/mol. The zero-order chi connectivity index (χ0) is 10.1. The second-order valence-corrected chi connectivity index (χ2v) is 4.31. The van der Waals surface area contributed by atoms with Crippen LogP contribution in [0.4, 0.5) is 0 Å². The SMILES string of the molecule is COc1cc2c(cc1C)CCC[C@@H]2C. The largest absolute Gasteiger partial charge is 0.496 e. The average molecular weight is 190 g/mol. The quantitative estimate of drug-likeness (QED) is 0.659. The van der Waals surface area contributed by atoms with E-state index in [1.54, 1.807) is 7.11 Å². The summed E-state index contributed by atoms with van der Waals surface area (Å²) in [7, 11) is 1.75. The summed E-state index contributed by atoms with van der Waals surface area (Å²) >= 11 is 0. The monoisotopic (exact) mass is 190 g/mol. The fourth-order valence-electron chi connectivity index (χ4n) is 2.41. The number of rotatable bonds is 1. The molecule has 76 valence electrons. The van der Waals surface area contributed by atoms with Gasteiger partial charge in [-0.15, -0.1) is 0 Å². The molecular formula is C13H18O. The van der Waals surface area contributed by atoms with Crippen molar-refractivity contribution in [2.45, 2.75) is 39.0 Å². The van der Waals surface area contributed by atoms with Crippen LogP contribution in [0.2, 0.25) is 0 Å². The molecule has 0 N–H and O–H groups in total. The van der Waals surface area contributed by atoms with Crippen molar-refractivity contribution in [3.63, 3.8) is 0 Å². The first-order valence-electron chi connectivity index (χ1n) is 5.39. The van der Waals surface area contributed by atoms with Gasteiger partial charge < -0.3 is 4.74 Å². The van der Waals surface area contributed by atoms with Gasteiger partial charge in [0.1, 0.15) is 5.75 Å². The number of hydrogen-bond acceptors (Lipinski definition) is 1. The van der Waals surface area contributed by atoms with Crippen molar-refractivity contribution in [3.8, 4) is 5.75 Å². The maximum Gasteiger partial charge on any atom is 0.122 e. The van der Waals surface area contributed by atoms with Gasteiger partial charge in [0.05, 0.1) is 7.11 Å². The first kappa shape index (κ1) is 9.57. The molecule has 0 amide bonds. The van der Waals surface area contributed by atoms with Crippen molar-refractivity contribution >= 4 is 0 Å². The molecule has 0 aliphatic heterocycles. The summed E-state index contributed by atoms with van der Waals surface area (Å²) in [4.78, 5) is 0. The van der Waals surface area contributed by atoms with Gasteiger partial charge >= 0.3 is 0 Å². The number of aryl methyl sites for hydroxylation is 2. The first-order valence-corrected chi connectivity index (χ1v) is 5.39. The van der Waals surface area contributed by atoms with Crippen LogP contribution in [0.3, 0.4) is 0 Å². The van der Waals surface area contributed by atoms with E-state index in [4.69, 9.17) is 4.74 Å². The van der Waals surface area contributed by atoms with Crippen molar-refractivity contribution in [2.75, 3.05) is 7.11 Å². The molecule has 1 aliphatic rings. The van der Waals surface area contributed by atoms with Crippen LogP contribution in [-0.4, -0.2) is 7.11 Å². The van der Waals surface area contributed by atoms with Crippen LogP contribution in [0.25, 0.3) is 0 Å². The molecule has 14 heavy (non-hydrogen) atoms. The van der Waals surface area contributed by atoms with Crippen molar-refractivity contribution < 1.29 is 4.74 Å². The topological polar surface area (TPSA) is 9.23 Å². The summed E-state index contributed by atoms with van der Waals surface area (Å²) in [5, 5.41) is 0. The Morgan fingerprint density at radius 2 is 2.14 bits per heavy atom. The van der Waals surface area contributed by atoms with E-state index in [1.165, 1.54) is 36.0 Å². The molecule has 1 aromatic carbocycles. The third-order valence-electron chi connectivity index (χ3n) is 3.27. The highest BCUT2D eigenvalue weighted by molar-refractivity contribution is 5.44. The molecule has 1 nitrogen and oxygen atoms in total. The average Bonchev–Trinajstić information content (AvgIpc) is 2.17. The molecule has 1 heteroatoms. The molecule has 0 spiro atoms.